The van der Waals surface area contributed by atoms with Crippen LogP contribution in [-0.4, -0.2) is 32.8 Å². The minimum Gasteiger partial charge on any atom is -0.478 e. The molecule has 0 unspecified atom stereocenters. The summed E-state index contributed by atoms with van der Waals surface area (Å²) in [5, 5.41) is 13.1. The number of methoxy groups -OCH3 is 1. The molecule has 0 aliphatic heterocycles. The maximum Gasteiger partial charge on any atom is 0.339 e. The van der Waals surface area contributed by atoms with Crippen molar-refractivity contribution in [2.75, 3.05) is 7.11 Å². The number of nitrogens with zero attached hydrogens (tertiary/aromatic N) is 3. The van der Waals surface area contributed by atoms with E-state index in [-0.39, 0.29) is 11.7 Å². The summed E-state index contributed by atoms with van der Waals surface area (Å²) < 4.78 is 6.64. The van der Waals surface area contributed by atoms with Gasteiger partial charge in [-0.05, 0) is 6.92 Å². The van der Waals surface area contributed by atoms with Crippen molar-refractivity contribution in [3.05, 3.63) is 29.7 Å². The molecule has 2 aromatic rings. The van der Waals surface area contributed by atoms with Gasteiger partial charge in [-0.1, -0.05) is 0 Å². The first-order valence-electron chi connectivity index (χ1n) is 4.74. The van der Waals surface area contributed by atoms with Gasteiger partial charge in [0.15, 0.2) is 5.65 Å². The van der Waals surface area contributed by atoms with Crippen LogP contribution in [0.2, 0.25) is 0 Å². The lowest BCUT2D eigenvalue weighted by Gasteiger charge is -2.13. The van der Waals surface area contributed by atoms with Gasteiger partial charge in [0.1, 0.15) is 5.56 Å². The van der Waals surface area contributed by atoms with E-state index < -0.39 is 5.97 Å². The number of ether oxygens (including phenoxy) is 1. The molecule has 0 saturated carbocycles. The van der Waals surface area contributed by atoms with Gasteiger partial charge in [-0.2, -0.15) is 5.10 Å². The third-order valence-electron chi connectivity index (χ3n) is 2.42. The second kappa shape index (κ2) is 3.90. The molecule has 0 bridgehead atoms. The van der Waals surface area contributed by atoms with Gasteiger partial charge in [-0.25, -0.2) is 14.3 Å². The fourth-order valence-electron chi connectivity index (χ4n) is 1.56. The average molecular weight is 221 g/mol. The van der Waals surface area contributed by atoms with Gasteiger partial charge < -0.3 is 9.84 Å². The van der Waals surface area contributed by atoms with Crippen LogP contribution < -0.4 is 0 Å². The molecule has 6 heteroatoms. The van der Waals surface area contributed by atoms with Gasteiger partial charge in [-0.3, -0.25) is 0 Å². The number of hydrogen-bond donors (Lipinski definition) is 1. The third kappa shape index (κ3) is 1.53. The molecule has 0 aliphatic carbocycles. The molecule has 16 heavy (non-hydrogen) atoms. The Labute approximate surface area is 91.5 Å². The van der Waals surface area contributed by atoms with Gasteiger partial charge in [0.2, 0.25) is 0 Å². The highest BCUT2D eigenvalue weighted by atomic mass is 16.5. The summed E-state index contributed by atoms with van der Waals surface area (Å²) in [7, 11) is 1.52. The predicted molar refractivity (Wildman–Crippen MR) is 55.4 cm³/mol. The van der Waals surface area contributed by atoms with Crippen molar-refractivity contribution in [1.29, 1.82) is 0 Å². The molecular formula is C10H11N3O3. The number of aromatic carboxylic acids is 1. The largest absolute Gasteiger partial charge is 0.478 e. The van der Waals surface area contributed by atoms with E-state index in [2.05, 4.69) is 10.1 Å². The molecule has 0 fully saturated rings. The Morgan fingerprint density at radius 2 is 2.38 bits per heavy atom. The van der Waals surface area contributed by atoms with E-state index in [1.807, 2.05) is 0 Å². The molecule has 2 rings (SSSR count). The number of fused-ring (bicyclic) bond motifs is 1. The number of hydrogen-bond acceptors (Lipinski definition) is 4. The standard InChI is InChI=1S/C10H11N3O3/c1-6(16-2)9-7(10(14)15)5-11-8-3-4-12-13(8)9/h3-6H,1-2H3,(H,14,15)/t6-/m0/s1. The molecule has 0 aromatic carbocycles. The quantitative estimate of drug-likeness (QED) is 0.840. The van der Waals surface area contributed by atoms with Crippen molar-refractivity contribution < 1.29 is 14.6 Å². The first kappa shape index (κ1) is 10.6. The first-order valence-corrected chi connectivity index (χ1v) is 4.74. The van der Waals surface area contributed by atoms with Gasteiger partial charge in [0.05, 0.1) is 18.0 Å². The molecule has 0 spiro atoms. The SMILES string of the molecule is CO[C@@H](C)c1c(C(=O)O)cnc2ccnn12. The zero-order valence-corrected chi connectivity index (χ0v) is 8.91. The summed E-state index contributed by atoms with van der Waals surface area (Å²) >= 11 is 0. The summed E-state index contributed by atoms with van der Waals surface area (Å²) in [5.74, 6) is -1.04. The van der Waals surface area contributed by atoms with E-state index in [9.17, 15) is 4.79 Å². The van der Waals surface area contributed by atoms with E-state index in [4.69, 9.17) is 9.84 Å². The number of carboxylic acid groups (broad SMARTS) is 1. The lowest BCUT2D eigenvalue weighted by Crippen LogP contribution is -2.14. The minimum absolute atomic E-state index is 0.102. The van der Waals surface area contributed by atoms with Crippen molar-refractivity contribution in [3.63, 3.8) is 0 Å². The molecule has 2 heterocycles. The van der Waals surface area contributed by atoms with Crippen LogP contribution in [0.1, 0.15) is 29.1 Å². The van der Waals surface area contributed by atoms with E-state index in [1.54, 1.807) is 19.2 Å². The molecule has 1 atom stereocenters. The van der Waals surface area contributed by atoms with Crippen LogP contribution in [0.15, 0.2) is 18.5 Å². The van der Waals surface area contributed by atoms with Crippen LogP contribution >= 0.6 is 0 Å². The first-order chi connectivity index (χ1) is 7.65. The summed E-state index contributed by atoms with van der Waals surface area (Å²) in [4.78, 5) is 15.1. The maximum atomic E-state index is 11.1. The fourth-order valence-corrected chi connectivity index (χ4v) is 1.56. The Hall–Kier alpha value is -1.95. The van der Waals surface area contributed by atoms with Crippen molar-refractivity contribution in [1.82, 2.24) is 14.6 Å². The van der Waals surface area contributed by atoms with Crippen LogP contribution in [0.25, 0.3) is 5.65 Å². The zero-order chi connectivity index (χ0) is 11.7. The van der Waals surface area contributed by atoms with Crippen LogP contribution in [0.5, 0.6) is 0 Å². The zero-order valence-electron chi connectivity index (χ0n) is 8.91. The van der Waals surface area contributed by atoms with Crippen molar-refractivity contribution in [3.8, 4) is 0 Å². The molecule has 0 amide bonds. The van der Waals surface area contributed by atoms with Crippen molar-refractivity contribution in [2.24, 2.45) is 0 Å². The molecule has 0 saturated heterocycles. The summed E-state index contributed by atoms with van der Waals surface area (Å²) in [6.45, 7) is 1.77. The van der Waals surface area contributed by atoms with Crippen LogP contribution in [0, 0.1) is 0 Å². The number of carbonyl (C=O) groups is 1. The smallest absolute Gasteiger partial charge is 0.339 e. The number of rotatable bonds is 3. The van der Waals surface area contributed by atoms with E-state index in [1.165, 1.54) is 17.8 Å². The van der Waals surface area contributed by atoms with Gasteiger partial charge in [0, 0.05) is 19.4 Å². The molecule has 1 N–H and O–H groups in total. The Balaban J connectivity index is 2.75. The third-order valence-corrected chi connectivity index (χ3v) is 2.42. The van der Waals surface area contributed by atoms with Crippen LogP contribution in [-0.2, 0) is 4.74 Å². The fraction of sp³-hybridized carbons (Fsp3) is 0.300. The van der Waals surface area contributed by atoms with Gasteiger partial charge in [0.25, 0.3) is 0 Å². The Morgan fingerprint density at radius 1 is 1.62 bits per heavy atom. The Kier molecular flexibility index (Phi) is 2.57. The second-order valence-electron chi connectivity index (χ2n) is 3.34. The molecule has 84 valence electrons. The molecule has 2 aromatic heterocycles. The summed E-state index contributed by atoms with van der Waals surface area (Å²) in [5.41, 5.74) is 1.19. The Morgan fingerprint density at radius 3 is 3.00 bits per heavy atom. The summed E-state index contributed by atoms with van der Waals surface area (Å²) in [6, 6.07) is 1.71. The molecule has 6 nitrogen and oxygen atoms in total. The maximum absolute atomic E-state index is 11.1. The van der Waals surface area contributed by atoms with Crippen molar-refractivity contribution in [2.45, 2.75) is 13.0 Å². The molecular weight excluding hydrogens is 210 g/mol. The second-order valence-corrected chi connectivity index (χ2v) is 3.34. The van der Waals surface area contributed by atoms with E-state index in [0.29, 0.717) is 11.3 Å². The number of carboxylic acids is 1. The minimum atomic E-state index is -1.04. The highest BCUT2D eigenvalue weighted by Crippen LogP contribution is 2.20. The van der Waals surface area contributed by atoms with Crippen LogP contribution in [0.4, 0.5) is 0 Å². The van der Waals surface area contributed by atoms with Gasteiger partial charge in [-0.15, -0.1) is 0 Å². The van der Waals surface area contributed by atoms with E-state index in [0.717, 1.165) is 0 Å². The highest BCUT2D eigenvalue weighted by Gasteiger charge is 2.20. The molecule has 0 radical (unpaired) electrons. The lowest BCUT2D eigenvalue weighted by atomic mass is 10.1. The normalized spacial score (nSPS) is 12.9. The highest BCUT2D eigenvalue weighted by molar-refractivity contribution is 5.89. The van der Waals surface area contributed by atoms with Crippen LogP contribution in [0.3, 0.4) is 0 Å². The van der Waals surface area contributed by atoms with E-state index >= 15 is 0 Å². The lowest BCUT2D eigenvalue weighted by molar-refractivity contribution is 0.0678. The molecule has 0 aliphatic rings. The average Bonchev–Trinajstić information content (AvgIpc) is 2.74. The van der Waals surface area contributed by atoms with Crippen molar-refractivity contribution >= 4 is 11.6 Å². The monoisotopic (exact) mass is 221 g/mol. The number of aromatic nitrogens is 3. The topological polar surface area (TPSA) is 76.7 Å². The summed E-state index contributed by atoms with van der Waals surface area (Å²) in [6.07, 6.45) is 2.53. The Bertz CT molecular complexity index is 535. The predicted octanol–water partition coefficient (Wildman–Crippen LogP) is 1.13. The van der Waals surface area contributed by atoms with Gasteiger partial charge >= 0.3 is 5.97 Å².